The predicted molar refractivity (Wildman–Crippen MR) is 114 cm³/mol. The number of aryl methyl sites for hydroxylation is 2. The number of hydrogen-bond acceptors (Lipinski definition) is 5. The highest BCUT2D eigenvalue weighted by molar-refractivity contribution is 5.91. The van der Waals surface area contributed by atoms with Crippen LogP contribution in [0.4, 0.5) is 4.79 Å². The van der Waals surface area contributed by atoms with Crippen molar-refractivity contribution in [2.45, 2.75) is 26.7 Å². The number of hydrogen-bond donors (Lipinski definition) is 2. The lowest BCUT2D eigenvalue weighted by atomic mass is 10.1. The maximum Gasteiger partial charge on any atom is 0.338 e. The molecule has 2 N–H and O–H groups in total. The molecule has 7 heteroatoms. The van der Waals surface area contributed by atoms with Gasteiger partial charge in [0.15, 0.2) is 0 Å². The molecular weight excluding hydrogens is 384 g/mol. The van der Waals surface area contributed by atoms with E-state index < -0.39 is 0 Å². The minimum absolute atomic E-state index is 0.225. The standard InChI is InChI=1S/C23H28N2O5/c1-17-9-3-5-11-19(17)21(26)29-15-7-13-24-23(28)25-14-8-16-30-22(27)20-12-6-4-10-18(20)2/h3-6,9-12H,7-8,13-16H2,1-2H3,(H2,24,25,28). The van der Waals surface area contributed by atoms with Crippen molar-refractivity contribution in [3.8, 4) is 0 Å². The third-order valence-corrected chi connectivity index (χ3v) is 4.41. The predicted octanol–water partition coefficient (Wildman–Crippen LogP) is 3.40. The molecule has 0 aromatic heterocycles. The van der Waals surface area contributed by atoms with E-state index in [-0.39, 0.29) is 31.2 Å². The first-order valence-corrected chi connectivity index (χ1v) is 9.96. The summed E-state index contributed by atoms with van der Waals surface area (Å²) in [5.41, 5.74) is 2.83. The summed E-state index contributed by atoms with van der Waals surface area (Å²) in [4.78, 5) is 35.7. The average Bonchev–Trinajstić information content (AvgIpc) is 2.73. The van der Waals surface area contributed by atoms with Gasteiger partial charge < -0.3 is 20.1 Å². The van der Waals surface area contributed by atoms with Gasteiger partial charge in [0.05, 0.1) is 24.3 Å². The summed E-state index contributed by atoms with van der Waals surface area (Å²) in [6.07, 6.45) is 1.03. The fourth-order valence-corrected chi connectivity index (χ4v) is 2.70. The van der Waals surface area contributed by atoms with Gasteiger partial charge in [0.2, 0.25) is 0 Å². The maximum atomic E-state index is 12.0. The van der Waals surface area contributed by atoms with Crippen molar-refractivity contribution in [2.24, 2.45) is 0 Å². The first kappa shape index (κ1) is 22.9. The van der Waals surface area contributed by atoms with Gasteiger partial charge in [-0.1, -0.05) is 36.4 Å². The molecule has 0 bridgehead atoms. The monoisotopic (exact) mass is 412 g/mol. The van der Waals surface area contributed by atoms with Crippen LogP contribution in [0.5, 0.6) is 0 Å². The minimum Gasteiger partial charge on any atom is -0.462 e. The molecule has 0 aliphatic rings. The Morgan fingerprint density at radius 2 is 1.10 bits per heavy atom. The van der Waals surface area contributed by atoms with Gasteiger partial charge in [-0.25, -0.2) is 14.4 Å². The Labute approximate surface area is 176 Å². The Hall–Kier alpha value is -3.35. The molecule has 0 heterocycles. The number of rotatable bonds is 10. The highest BCUT2D eigenvalue weighted by atomic mass is 16.5. The minimum atomic E-state index is -0.363. The third-order valence-electron chi connectivity index (χ3n) is 4.41. The van der Waals surface area contributed by atoms with E-state index >= 15 is 0 Å². The molecule has 0 saturated heterocycles. The molecule has 0 saturated carbocycles. The molecule has 2 aromatic carbocycles. The molecule has 7 nitrogen and oxygen atoms in total. The zero-order valence-electron chi connectivity index (χ0n) is 17.4. The van der Waals surface area contributed by atoms with Gasteiger partial charge in [0.1, 0.15) is 0 Å². The number of amides is 2. The summed E-state index contributed by atoms with van der Waals surface area (Å²) in [5.74, 6) is -0.726. The second-order valence-electron chi connectivity index (χ2n) is 6.79. The smallest absolute Gasteiger partial charge is 0.338 e. The topological polar surface area (TPSA) is 93.7 Å². The molecule has 30 heavy (non-hydrogen) atoms. The van der Waals surface area contributed by atoms with E-state index in [9.17, 15) is 14.4 Å². The molecule has 0 radical (unpaired) electrons. The van der Waals surface area contributed by atoms with Gasteiger partial charge >= 0.3 is 18.0 Å². The van der Waals surface area contributed by atoms with E-state index in [0.717, 1.165) is 11.1 Å². The summed E-state index contributed by atoms with van der Waals surface area (Å²) in [5, 5.41) is 5.38. The van der Waals surface area contributed by atoms with Gasteiger partial charge in [0, 0.05) is 13.1 Å². The maximum absolute atomic E-state index is 12.0. The zero-order chi connectivity index (χ0) is 21.8. The number of urea groups is 1. The molecule has 0 unspecified atom stereocenters. The summed E-state index contributed by atoms with van der Waals surface area (Å²) in [6.45, 7) is 4.92. The third kappa shape index (κ3) is 7.58. The van der Waals surface area contributed by atoms with Crippen LogP contribution in [-0.4, -0.2) is 44.3 Å². The van der Waals surface area contributed by atoms with Crippen molar-refractivity contribution < 1.29 is 23.9 Å². The van der Waals surface area contributed by atoms with Crippen LogP contribution in [0.2, 0.25) is 0 Å². The van der Waals surface area contributed by atoms with Crippen LogP contribution >= 0.6 is 0 Å². The van der Waals surface area contributed by atoms with Crippen LogP contribution in [-0.2, 0) is 9.47 Å². The highest BCUT2D eigenvalue weighted by Gasteiger charge is 2.10. The molecule has 0 aliphatic carbocycles. The van der Waals surface area contributed by atoms with Crippen LogP contribution < -0.4 is 10.6 Å². The van der Waals surface area contributed by atoms with E-state index in [0.29, 0.717) is 37.1 Å². The number of carbonyl (C=O) groups excluding carboxylic acids is 3. The van der Waals surface area contributed by atoms with Crippen LogP contribution in [0.3, 0.4) is 0 Å². The van der Waals surface area contributed by atoms with E-state index in [1.807, 2.05) is 38.1 Å². The van der Waals surface area contributed by atoms with Crippen molar-refractivity contribution >= 4 is 18.0 Å². The van der Waals surface area contributed by atoms with Gasteiger partial charge in [-0.15, -0.1) is 0 Å². The van der Waals surface area contributed by atoms with Crippen LogP contribution in [0, 0.1) is 13.8 Å². The molecule has 160 valence electrons. The number of ether oxygens (including phenoxy) is 2. The van der Waals surface area contributed by atoms with Crippen molar-refractivity contribution in [1.29, 1.82) is 0 Å². The van der Waals surface area contributed by atoms with Gasteiger partial charge in [0.25, 0.3) is 0 Å². The lowest BCUT2D eigenvalue weighted by molar-refractivity contribution is 0.0492. The Balaban J connectivity index is 1.50. The fraction of sp³-hybridized carbons (Fsp3) is 0.348. The average molecular weight is 412 g/mol. The first-order chi connectivity index (χ1) is 14.5. The second-order valence-corrected chi connectivity index (χ2v) is 6.79. The van der Waals surface area contributed by atoms with Gasteiger partial charge in [-0.05, 0) is 49.9 Å². The van der Waals surface area contributed by atoms with Crippen molar-refractivity contribution in [2.75, 3.05) is 26.3 Å². The largest absolute Gasteiger partial charge is 0.462 e. The molecule has 0 spiro atoms. The summed E-state index contributed by atoms with van der Waals surface area (Å²) in [7, 11) is 0. The van der Waals surface area contributed by atoms with E-state index in [1.165, 1.54) is 0 Å². The highest BCUT2D eigenvalue weighted by Crippen LogP contribution is 2.09. The Morgan fingerprint density at radius 1 is 0.700 bits per heavy atom. The summed E-state index contributed by atoms with van der Waals surface area (Å²) in [6, 6.07) is 14.1. The van der Waals surface area contributed by atoms with Crippen LogP contribution in [0.25, 0.3) is 0 Å². The quantitative estimate of drug-likeness (QED) is 0.461. The lowest BCUT2D eigenvalue weighted by Gasteiger charge is -2.09. The van der Waals surface area contributed by atoms with Crippen molar-refractivity contribution in [3.63, 3.8) is 0 Å². The summed E-state index contributed by atoms with van der Waals surface area (Å²) < 4.78 is 10.4. The number of nitrogens with one attached hydrogen (secondary N) is 2. The number of carbonyl (C=O) groups is 3. The SMILES string of the molecule is Cc1ccccc1C(=O)OCCCNC(=O)NCCCOC(=O)c1ccccc1C. The van der Waals surface area contributed by atoms with E-state index in [4.69, 9.17) is 9.47 Å². The van der Waals surface area contributed by atoms with Crippen LogP contribution in [0.15, 0.2) is 48.5 Å². The first-order valence-electron chi connectivity index (χ1n) is 9.96. The van der Waals surface area contributed by atoms with Gasteiger partial charge in [-0.2, -0.15) is 0 Å². The molecule has 2 amide bonds. The normalized spacial score (nSPS) is 10.2. The Bertz CT molecular complexity index is 797. The Morgan fingerprint density at radius 3 is 1.50 bits per heavy atom. The van der Waals surface area contributed by atoms with Gasteiger partial charge in [-0.3, -0.25) is 0 Å². The fourth-order valence-electron chi connectivity index (χ4n) is 2.70. The Kier molecular flexibility index (Phi) is 9.37. The second kappa shape index (κ2) is 12.3. The zero-order valence-corrected chi connectivity index (χ0v) is 17.4. The molecule has 0 fully saturated rings. The summed E-state index contributed by atoms with van der Waals surface area (Å²) >= 11 is 0. The van der Waals surface area contributed by atoms with Crippen LogP contribution in [0.1, 0.15) is 44.7 Å². The molecule has 2 aromatic rings. The van der Waals surface area contributed by atoms with Crippen molar-refractivity contribution in [1.82, 2.24) is 10.6 Å². The van der Waals surface area contributed by atoms with E-state index in [2.05, 4.69) is 10.6 Å². The number of benzene rings is 2. The number of esters is 2. The van der Waals surface area contributed by atoms with Crippen molar-refractivity contribution in [3.05, 3.63) is 70.8 Å². The molecule has 0 atom stereocenters. The van der Waals surface area contributed by atoms with E-state index in [1.54, 1.807) is 24.3 Å². The lowest BCUT2D eigenvalue weighted by Crippen LogP contribution is -2.37. The molecular formula is C23H28N2O5. The molecule has 0 aliphatic heterocycles. The molecule has 2 rings (SSSR count).